The van der Waals surface area contributed by atoms with E-state index < -0.39 is 23.3 Å². The fourth-order valence-corrected chi connectivity index (χ4v) is 3.81. The molecule has 3 aromatic rings. The summed E-state index contributed by atoms with van der Waals surface area (Å²) in [6, 6.07) is 17.7. The molecule has 0 radical (unpaired) electrons. The van der Waals surface area contributed by atoms with Gasteiger partial charge >= 0.3 is 0 Å². The van der Waals surface area contributed by atoms with Crippen molar-refractivity contribution in [3.05, 3.63) is 89.0 Å². The molecular weight excluding hydrogens is 446 g/mol. The third-order valence-electron chi connectivity index (χ3n) is 5.38. The maximum atomic E-state index is 13.2. The van der Waals surface area contributed by atoms with Gasteiger partial charge in [0.05, 0.1) is 35.2 Å². The van der Waals surface area contributed by atoms with E-state index >= 15 is 0 Å². The van der Waals surface area contributed by atoms with Gasteiger partial charge in [0.1, 0.15) is 5.75 Å². The van der Waals surface area contributed by atoms with E-state index in [0.717, 1.165) is 4.90 Å². The van der Waals surface area contributed by atoms with Crippen LogP contribution in [0.3, 0.4) is 0 Å². The lowest BCUT2D eigenvalue weighted by Crippen LogP contribution is -2.40. The molecule has 35 heavy (non-hydrogen) atoms. The van der Waals surface area contributed by atoms with E-state index in [4.69, 9.17) is 4.74 Å². The average molecular weight is 472 g/mol. The van der Waals surface area contributed by atoms with Crippen LogP contribution in [0.5, 0.6) is 5.75 Å². The minimum absolute atomic E-state index is 0.118. The SMILES string of the molecule is COc1ccccc1N1C(=O)c2ccc(C(=O)Nc3ccccc3C(=O)NC(C)(C)C)cc2C1=O. The molecule has 3 aromatic carbocycles. The van der Waals surface area contributed by atoms with Crippen LogP contribution in [0.4, 0.5) is 11.4 Å². The number of methoxy groups -OCH3 is 1. The van der Waals surface area contributed by atoms with Gasteiger partial charge in [-0.1, -0.05) is 24.3 Å². The third kappa shape index (κ3) is 4.63. The van der Waals surface area contributed by atoms with Crippen LogP contribution in [-0.4, -0.2) is 36.3 Å². The van der Waals surface area contributed by atoms with Crippen molar-refractivity contribution in [2.75, 3.05) is 17.3 Å². The van der Waals surface area contributed by atoms with E-state index in [1.807, 2.05) is 20.8 Å². The normalized spacial score (nSPS) is 12.9. The van der Waals surface area contributed by atoms with Crippen LogP contribution in [-0.2, 0) is 0 Å². The van der Waals surface area contributed by atoms with Crippen molar-refractivity contribution in [1.82, 2.24) is 5.32 Å². The molecule has 2 N–H and O–H groups in total. The first-order valence-electron chi connectivity index (χ1n) is 11.0. The molecule has 1 aliphatic rings. The van der Waals surface area contributed by atoms with Crippen LogP contribution >= 0.6 is 0 Å². The molecule has 1 heterocycles. The summed E-state index contributed by atoms with van der Waals surface area (Å²) in [6.07, 6.45) is 0. The summed E-state index contributed by atoms with van der Waals surface area (Å²) in [5.74, 6) is -1.50. The van der Waals surface area contributed by atoms with Gasteiger partial charge in [-0.25, -0.2) is 4.90 Å². The Morgan fingerprint density at radius 2 is 1.49 bits per heavy atom. The zero-order chi connectivity index (χ0) is 25.3. The first-order chi connectivity index (χ1) is 16.6. The molecule has 4 rings (SSSR count). The maximum Gasteiger partial charge on any atom is 0.266 e. The number of carbonyl (C=O) groups excluding carboxylic acids is 4. The number of hydrogen-bond acceptors (Lipinski definition) is 5. The minimum atomic E-state index is -0.547. The molecular formula is C27H25N3O5. The number of para-hydroxylation sites is 3. The van der Waals surface area contributed by atoms with Gasteiger partial charge in [-0.3, -0.25) is 19.2 Å². The summed E-state index contributed by atoms with van der Waals surface area (Å²) in [4.78, 5) is 52.9. The largest absolute Gasteiger partial charge is 0.495 e. The summed E-state index contributed by atoms with van der Waals surface area (Å²) in [6.45, 7) is 5.59. The Hall–Kier alpha value is -4.46. The molecule has 8 heteroatoms. The van der Waals surface area contributed by atoms with Crippen molar-refractivity contribution in [1.29, 1.82) is 0 Å². The number of amides is 4. The zero-order valence-corrected chi connectivity index (χ0v) is 19.8. The summed E-state index contributed by atoms with van der Waals surface area (Å²) in [5, 5.41) is 5.62. The van der Waals surface area contributed by atoms with Crippen LogP contribution in [0, 0.1) is 0 Å². The van der Waals surface area contributed by atoms with Crippen molar-refractivity contribution >= 4 is 35.0 Å². The monoisotopic (exact) mass is 471 g/mol. The van der Waals surface area contributed by atoms with E-state index in [1.54, 1.807) is 48.5 Å². The zero-order valence-electron chi connectivity index (χ0n) is 19.8. The predicted molar refractivity (Wildman–Crippen MR) is 132 cm³/mol. The summed E-state index contributed by atoms with van der Waals surface area (Å²) >= 11 is 0. The Morgan fingerprint density at radius 3 is 2.20 bits per heavy atom. The Bertz CT molecular complexity index is 1360. The fourth-order valence-electron chi connectivity index (χ4n) is 3.81. The number of benzene rings is 3. The first-order valence-corrected chi connectivity index (χ1v) is 11.0. The van der Waals surface area contributed by atoms with Crippen LogP contribution < -0.4 is 20.3 Å². The van der Waals surface area contributed by atoms with Gasteiger partial charge in [0.2, 0.25) is 0 Å². The maximum absolute atomic E-state index is 13.2. The lowest BCUT2D eigenvalue weighted by Gasteiger charge is -2.21. The second kappa shape index (κ2) is 9.06. The van der Waals surface area contributed by atoms with E-state index in [-0.39, 0.29) is 22.6 Å². The molecule has 0 atom stereocenters. The highest BCUT2D eigenvalue weighted by Crippen LogP contribution is 2.35. The summed E-state index contributed by atoms with van der Waals surface area (Å²) in [5.41, 5.74) is 1.01. The number of rotatable bonds is 5. The quantitative estimate of drug-likeness (QED) is 0.541. The average Bonchev–Trinajstić information content (AvgIpc) is 3.07. The molecule has 0 saturated carbocycles. The number of anilines is 2. The van der Waals surface area contributed by atoms with Crippen LogP contribution in [0.2, 0.25) is 0 Å². The van der Waals surface area contributed by atoms with Crippen LogP contribution in [0.25, 0.3) is 0 Å². The molecule has 4 amide bonds. The van der Waals surface area contributed by atoms with Crippen molar-refractivity contribution in [3.8, 4) is 5.75 Å². The number of hydrogen-bond donors (Lipinski definition) is 2. The van der Waals surface area contributed by atoms with Gasteiger partial charge in [0, 0.05) is 11.1 Å². The van der Waals surface area contributed by atoms with Gasteiger partial charge in [0.25, 0.3) is 23.6 Å². The van der Waals surface area contributed by atoms with Gasteiger partial charge in [-0.05, 0) is 63.2 Å². The second-order valence-corrected chi connectivity index (χ2v) is 9.08. The Kier molecular flexibility index (Phi) is 6.13. The highest BCUT2D eigenvalue weighted by molar-refractivity contribution is 6.35. The Balaban J connectivity index is 1.61. The molecule has 0 aliphatic carbocycles. The number of fused-ring (bicyclic) bond motifs is 1. The van der Waals surface area contributed by atoms with E-state index in [1.165, 1.54) is 25.3 Å². The van der Waals surface area contributed by atoms with Gasteiger partial charge in [0.15, 0.2) is 0 Å². The molecule has 0 saturated heterocycles. The highest BCUT2D eigenvalue weighted by atomic mass is 16.5. The topological polar surface area (TPSA) is 105 Å². The third-order valence-corrected chi connectivity index (χ3v) is 5.38. The smallest absolute Gasteiger partial charge is 0.266 e. The lowest BCUT2D eigenvalue weighted by molar-refractivity contribution is 0.0910. The predicted octanol–water partition coefficient (Wildman–Crippen LogP) is 4.28. The molecule has 8 nitrogen and oxygen atoms in total. The van der Waals surface area contributed by atoms with Crippen LogP contribution in [0.1, 0.15) is 62.2 Å². The minimum Gasteiger partial charge on any atom is -0.495 e. The Labute approximate surface area is 202 Å². The summed E-state index contributed by atoms with van der Waals surface area (Å²) < 4.78 is 5.30. The van der Waals surface area contributed by atoms with Gasteiger partial charge < -0.3 is 15.4 Å². The fraction of sp³-hybridized carbons (Fsp3) is 0.185. The van der Waals surface area contributed by atoms with Crippen molar-refractivity contribution < 1.29 is 23.9 Å². The first kappa shape index (κ1) is 23.7. The lowest BCUT2D eigenvalue weighted by atomic mass is 10.0. The molecule has 0 spiro atoms. The highest BCUT2D eigenvalue weighted by Gasteiger charge is 2.38. The van der Waals surface area contributed by atoms with E-state index in [9.17, 15) is 19.2 Å². The second-order valence-electron chi connectivity index (χ2n) is 9.08. The van der Waals surface area contributed by atoms with Gasteiger partial charge in [-0.2, -0.15) is 0 Å². The number of carbonyl (C=O) groups is 4. The molecule has 0 bridgehead atoms. The van der Waals surface area contributed by atoms with Crippen molar-refractivity contribution in [2.24, 2.45) is 0 Å². The number of imide groups is 1. The number of nitrogens with one attached hydrogen (secondary N) is 2. The molecule has 1 aliphatic heterocycles. The Morgan fingerprint density at radius 1 is 0.829 bits per heavy atom. The molecule has 0 unspecified atom stereocenters. The van der Waals surface area contributed by atoms with Gasteiger partial charge in [-0.15, -0.1) is 0 Å². The standard InChI is InChI=1S/C27H25N3O5/c1-27(2,3)29-24(32)18-9-5-6-10-20(18)28-23(31)16-13-14-17-19(15-16)26(34)30(25(17)33)21-11-7-8-12-22(21)35-4/h5-15H,1-4H3,(H,28,31)(H,29,32). The molecule has 178 valence electrons. The van der Waals surface area contributed by atoms with Crippen molar-refractivity contribution in [3.63, 3.8) is 0 Å². The molecule has 0 aromatic heterocycles. The molecule has 0 fully saturated rings. The summed E-state index contributed by atoms with van der Waals surface area (Å²) in [7, 11) is 1.46. The van der Waals surface area contributed by atoms with E-state index in [0.29, 0.717) is 22.7 Å². The van der Waals surface area contributed by atoms with Crippen LogP contribution in [0.15, 0.2) is 66.7 Å². The number of nitrogens with zero attached hydrogens (tertiary/aromatic N) is 1. The van der Waals surface area contributed by atoms with Crippen molar-refractivity contribution in [2.45, 2.75) is 26.3 Å². The number of ether oxygens (including phenoxy) is 1. The van der Waals surface area contributed by atoms with E-state index in [2.05, 4.69) is 10.6 Å².